The summed E-state index contributed by atoms with van der Waals surface area (Å²) >= 11 is 3.69. The van der Waals surface area contributed by atoms with Crippen molar-refractivity contribution in [1.82, 2.24) is 0 Å². The van der Waals surface area contributed by atoms with Gasteiger partial charge < -0.3 is 10.2 Å². The Balaban J connectivity index is 3.24. The molecule has 0 bridgehead atoms. The molecule has 0 aromatic heterocycles. The van der Waals surface area contributed by atoms with Gasteiger partial charge in [0.25, 0.3) is 0 Å². The van der Waals surface area contributed by atoms with E-state index in [0.717, 1.165) is 0 Å². The number of hydrogen-bond donors (Lipinski definition) is 3. The van der Waals surface area contributed by atoms with Crippen molar-refractivity contribution in [2.24, 2.45) is 0 Å². The van der Waals surface area contributed by atoms with Crippen LogP contribution in [0.15, 0.2) is 12.1 Å². The maximum atomic E-state index is 13.3. The highest BCUT2D eigenvalue weighted by molar-refractivity contribution is 7.80. The molecular weight excluding hydrogens is 256 g/mol. The standard InChI is InChI=1S/C9H9F2NO4S/c10-5-2-6(11)7(12(15)16)1-4(5)9(14)8(13)3-17/h1-2,8-9,13-14,17H,3H2. The molecule has 2 N–H and O–H groups in total. The summed E-state index contributed by atoms with van der Waals surface area (Å²) in [6, 6.07) is 0.851. The first kappa shape index (κ1) is 13.8. The second kappa shape index (κ2) is 5.39. The van der Waals surface area contributed by atoms with Crippen LogP contribution in [0.5, 0.6) is 0 Å². The van der Waals surface area contributed by atoms with Gasteiger partial charge in [-0.25, -0.2) is 4.39 Å². The summed E-state index contributed by atoms with van der Waals surface area (Å²) in [4.78, 5) is 9.39. The number of aliphatic hydroxyl groups excluding tert-OH is 2. The molecular formula is C9H9F2NO4S. The number of rotatable bonds is 4. The number of thiol groups is 1. The van der Waals surface area contributed by atoms with Gasteiger partial charge in [-0.05, 0) is 0 Å². The molecule has 0 aliphatic heterocycles. The highest BCUT2D eigenvalue weighted by Crippen LogP contribution is 2.27. The summed E-state index contributed by atoms with van der Waals surface area (Å²) in [5.41, 5.74) is -1.51. The van der Waals surface area contributed by atoms with Gasteiger partial charge in [0.05, 0.1) is 11.0 Å². The molecule has 0 amide bonds. The van der Waals surface area contributed by atoms with E-state index in [1.165, 1.54) is 0 Å². The van der Waals surface area contributed by atoms with Crippen LogP contribution < -0.4 is 0 Å². The van der Waals surface area contributed by atoms with Gasteiger partial charge in [-0.1, -0.05) is 0 Å². The number of nitro groups is 1. The van der Waals surface area contributed by atoms with E-state index >= 15 is 0 Å². The van der Waals surface area contributed by atoms with E-state index in [0.29, 0.717) is 12.1 Å². The van der Waals surface area contributed by atoms with Crippen LogP contribution in [0.3, 0.4) is 0 Å². The summed E-state index contributed by atoms with van der Waals surface area (Å²) in [5, 5.41) is 29.2. The molecule has 1 aromatic rings. The second-order valence-electron chi connectivity index (χ2n) is 3.28. The molecule has 1 aromatic carbocycles. The van der Waals surface area contributed by atoms with Crippen molar-refractivity contribution in [3.8, 4) is 0 Å². The van der Waals surface area contributed by atoms with Gasteiger partial charge in [0.1, 0.15) is 11.9 Å². The Morgan fingerprint density at radius 3 is 2.41 bits per heavy atom. The minimum Gasteiger partial charge on any atom is -0.389 e. The van der Waals surface area contributed by atoms with Crippen LogP contribution in [-0.2, 0) is 0 Å². The zero-order chi connectivity index (χ0) is 13.2. The Bertz CT molecular complexity index is 443. The third-order valence-corrected chi connectivity index (χ3v) is 2.51. The molecule has 0 aliphatic carbocycles. The maximum absolute atomic E-state index is 13.3. The van der Waals surface area contributed by atoms with E-state index in [1.54, 1.807) is 0 Å². The molecule has 1 rings (SSSR count). The lowest BCUT2D eigenvalue weighted by Crippen LogP contribution is -2.21. The first-order valence-corrected chi connectivity index (χ1v) is 5.12. The van der Waals surface area contributed by atoms with E-state index < -0.39 is 40.0 Å². The Morgan fingerprint density at radius 1 is 1.35 bits per heavy atom. The predicted octanol–water partition coefficient (Wildman–Crippen LogP) is 1.20. The minimum atomic E-state index is -1.70. The van der Waals surface area contributed by atoms with Gasteiger partial charge in [0.15, 0.2) is 0 Å². The third kappa shape index (κ3) is 2.90. The van der Waals surface area contributed by atoms with Crippen molar-refractivity contribution in [3.05, 3.63) is 39.4 Å². The molecule has 2 unspecified atom stereocenters. The first-order chi connectivity index (χ1) is 7.88. The molecule has 0 fully saturated rings. The Kier molecular flexibility index (Phi) is 4.38. The van der Waals surface area contributed by atoms with Crippen LogP contribution in [0.2, 0.25) is 0 Å². The van der Waals surface area contributed by atoms with Gasteiger partial charge >= 0.3 is 5.69 Å². The summed E-state index contributed by atoms with van der Waals surface area (Å²) in [6.45, 7) is 0. The average Bonchev–Trinajstić information content (AvgIpc) is 2.26. The maximum Gasteiger partial charge on any atom is 0.305 e. The van der Waals surface area contributed by atoms with Crippen LogP contribution in [0.1, 0.15) is 11.7 Å². The Hall–Kier alpha value is -1.25. The molecule has 94 valence electrons. The van der Waals surface area contributed by atoms with Crippen LogP contribution in [0.25, 0.3) is 0 Å². The molecule has 0 radical (unpaired) electrons. The van der Waals surface area contributed by atoms with Crippen LogP contribution in [-0.4, -0.2) is 27.0 Å². The van der Waals surface area contributed by atoms with Crippen molar-refractivity contribution in [1.29, 1.82) is 0 Å². The molecule has 0 saturated carbocycles. The molecule has 8 heteroatoms. The van der Waals surface area contributed by atoms with E-state index in [2.05, 4.69) is 12.6 Å². The monoisotopic (exact) mass is 265 g/mol. The summed E-state index contributed by atoms with van der Waals surface area (Å²) in [6.07, 6.45) is -3.11. The van der Waals surface area contributed by atoms with Crippen LogP contribution in [0.4, 0.5) is 14.5 Å². The fraction of sp³-hybridized carbons (Fsp3) is 0.333. The van der Waals surface area contributed by atoms with Crippen LogP contribution in [0, 0.1) is 21.7 Å². The normalized spacial score (nSPS) is 14.4. The Labute approximate surface area is 100 Å². The molecule has 0 aliphatic rings. The van der Waals surface area contributed by atoms with E-state index in [-0.39, 0.29) is 5.75 Å². The summed E-state index contributed by atoms with van der Waals surface area (Å²) in [7, 11) is 0. The quantitative estimate of drug-likeness (QED) is 0.434. The molecule has 2 atom stereocenters. The zero-order valence-corrected chi connectivity index (χ0v) is 9.27. The summed E-state index contributed by atoms with van der Waals surface area (Å²) in [5.74, 6) is -2.68. The second-order valence-corrected chi connectivity index (χ2v) is 3.64. The van der Waals surface area contributed by atoms with Gasteiger partial charge in [0, 0.05) is 23.4 Å². The van der Waals surface area contributed by atoms with Gasteiger partial charge in [-0.2, -0.15) is 17.0 Å². The average molecular weight is 265 g/mol. The highest BCUT2D eigenvalue weighted by Gasteiger charge is 2.26. The number of nitrogens with zero attached hydrogens (tertiary/aromatic N) is 1. The third-order valence-electron chi connectivity index (χ3n) is 2.13. The molecule has 0 heterocycles. The lowest BCUT2D eigenvalue weighted by molar-refractivity contribution is -0.387. The molecule has 0 spiro atoms. The van der Waals surface area contributed by atoms with Crippen molar-refractivity contribution in [3.63, 3.8) is 0 Å². The van der Waals surface area contributed by atoms with E-state index in [9.17, 15) is 29.1 Å². The topological polar surface area (TPSA) is 83.6 Å². The van der Waals surface area contributed by atoms with Crippen molar-refractivity contribution in [2.75, 3.05) is 5.75 Å². The minimum absolute atomic E-state index is 0.175. The van der Waals surface area contributed by atoms with E-state index in [4.69, 9.17) is 0 Å². The van der Waals surface area contributed by atoms with Crippen molar-refractivity contribution >= 4 is 18.3 Å². The number of benzene rings is 1. The first-order valence-electron chi connectivity index (χ1n) is 4.48. The lowest BCUT2D eigenvalue weighted by atomic mass is 10.0. The number of nitro benzene ring substituents is 1. The summed E-state index contributed by atoms with van der Waals surface area (Å²) < 4.78 is 26.3. The lowest BCUT2D eigenvalue weighted by Gasteiger charge is -2.16. The van der Waals surface area contributed by atoms with E-state index in [1.807, 2.05) is 0 Å². The number of aliphatic hydroxyl groups is 2. The van der Waals surface area contributed by atoms with Gasteiger partial charge in [-0.3, -0.25) is 10.1 Å². The van der Waals surface area contributed by atoms with Crippen LogP contribution >= 0.6 is 12.6 Å². The van der Waals surface area contributed by atoms with Gasteiger partial charge in [0.2, 0.25) is 5.82 Å². The largest absolute Gasteiger partial charge is 0.389 e. The highest BCUT2D eigenvalue weighted by atomic mass is 32.1. The number of halogens is 2. The van der Waals surface area contributed by atoms with Crippen molar-refractivity contribution in [2.45, 2.75) is 12.2 Å². The fourth-order valence-corrected chi connectivity index (χ4v) is 1.43. The molecule has 0 saturated heterocycles. The number of hydrogen-bond acceptors (Lipinski definition) is 5. The fourth-order valence-electron chi connectivity index (χ4n) is 1.23. The smallest absolute Gasteiger partial charge is 0.305 e. The zero-order valence-electron chi connectivity index (χ0n) is 8.38. The van der Waals surface area contributed by atoms with Crippen molar-refractivity contribution < 1.29 is 23.9 Å². The Morgan fingerprint density at radius 2 is 1.94 bits per heavy atom. The molecule has 17 heavy (non-hydrogen) atoms. The SMILES string of the molecule is O=[N+]([O-])c1cc(C(O)C(O)CS)c(F)cc1F. The van der Waals surface area contributed by atoms with Gasteiger partial charge in [-0.15, -0.1) is 0 Å². The predicted molar refractivity (Wildman–Crippen MR) is 57.8 cm³/mol. The molecule has 5 nitrogen and oxygen atoms in total.